The fraction of sp³-hybridized carbons (Fsp3) is 0.231. The fourth-order valence-electron chi connectivity index (χ4n) is 1.76. The third kappa shape index (κ3) is 2.34. The van der Waals surface area contributed by atoms with Crippen molar-refractivity contribution < 1.29 is 19.4 Å². The average molecular weight is 247 g/mol. The molecule has 18 heavy (non-hydrogen) atoms. The summed E-state index contributed by atoms with van der Waals surface area (Å²) in [6, 6.07) is 9.36. The molecule has 1 heterocycles. The number of carboxylic acid groups (broad SMARTS) is 1. The number of nitrogens with one attached hydrogen (secondary N) is 1. The van der Waals surface area contributed by atoms with Crippen molar-refractivity contribution in [2.75, 3.05) is 6.61 Å². The Balaban J connectivity index is 2.19. The minimum atomic E-state index is -1.26. The molecule has 0 bridgehead atoms. The molecule has 0 fully saturated rings. The maximum atomic E-state index is 11.3. The van der Waals surface area contributed by atoms with Crippen LogP contribution < -0.4 is 5.32 Å². The van der Waals surface area contributed by atoms with Gasteiger partial charge in [0.1, 0.15) is 0 Å². The molecular formula is C13H13NO4. The number of carboxylic acids is 1. The molecule has 0 aromatic heterocycles. The van der Waals surface area contributed by atoms with E-state index in [-0.39, 0.29) is 24.1 Å². The molecule has 0 amide bonds. The maximum Gasteiger partial charge on any atom is 0.344 e. The van der Waals surface area contributed by atoms with Gasteiger partial charge in [0, 0.05) is 0 Å². The first kappa shape index (κ1) is 12.2. The highest BCUT2D eigenvalue weighted by Gasteiger charge is 2.31. The van der Waals surface area contributed by atoms with Crippen molar-refractivity contribution in [3.05, 3.63) is 47.4 Å². The molecule has 0 spiro atoms. The number of ether oxygens (including phenoxy) is 1. The van der Waals surface area contributed by atoms with Gasteiger partial charge in [0.25, 0.3) is 0 Å². The molecule has 0 saturated carbocycles. The van der Waals surface area contributed by atoms with Crippen LogP contribution in [0.2, 0.25) is 0 Å². The van der Waals surface area contributed by atoms with E-state index in [1.54, 1.807) is 0 Å². The van der Waals surface area contributed by atoms with Gasteiger partial charge in [-0.15, -0.1) is 0 Å². The van der Waals surface area contributed by atoms with E-state index in [0.29, 0.717) is 0 Å². The van der Waals surface area contributed by atoms with Crippen LogP contribution in [0, 0.1) is 0 Å². The van der Waals surface area contributed by atoms with E-state index < -0.39 is 11.8 Å². The molecule has 0 saturated heterocycles. The van der Waals surface area contributed by atoms with Gasteiger partial charge in [0.05, 0.1) is 6.04 Å². The van der Waals surface area contributed by atoms with Crippen molar-refractivity contribution >= 4 is 11.8 Å². The molecule has 2 rings (SSSR count). The highest BCUT2D eigenvalue weighted by molar-refractivity contribution is 6.18. The lowest BCUT2D eigenvalue weighted by Crippen LogP contribution is -2.21. The van der Waals surface area contributed by atoms with Crippen LogP contribution in [-0.2, 0) is 14.3 Å². The molecular weight excluding hydrogens is 234 g/mol. The normalized spacial score (nSPS) is 16.4. The molecule has 94 valence electrons. The van der Waals surface area contributed by atoms with Gasteiger partial charge in [0.15, 0.2) is 12.2 Å². The standard InChI is InChI=1S/C13H13NO4/c1-8(9-5-3-2-4-6-9)14-12-11(13(16)17)10(15)7-18-12/h2-6,8,14H,7H2,1H3,(H,16,17). The average Bonchev–Trinajstić information content (AvgIpc) is 2.71. The summed E-state index contributed by atoms with van der Waals surface area (Å²) >= 11 is 0. The highest BCUT2D eigenvalue weighted by atomic mass is 16.5. The SMILES string of the molecule is CC(NC1=C(C(=O)O)C(=O)CO1)c1ccccc1. The molecule has 1 unspecified atom stereocenters. The van der Waals surface area contributed by atoms with Crippen molar-refractivity contribution in [3.8, 4) is 0 Å². The summed E-state index contributed by atoms with van der Waals surface area (Å²) in [6.45, 7) is 1.65. The molecule has 1 aromatic carbocycles. The topological polar surface area (TPSA) is 75.6 Å². The minimum absolute atomic E-state index is 0.0452. The van der Waals surface area contributed by atoms with Crippen LogP contribution in [0.4, 0.5) is 0 Å². The molecule has 1 aliphatic rings. The van der Waals surface area contributed by atoms with Crippen LogP contribution in [0.1, 0.15) is 18.5 Å². The Morgan fingerprint density at radius 1 is 1.39 bits per heavy atom. The zero-order valence-corrected chi connectivity index (χ0v) is 9.84. The third-order valence-electron chi connectivity index (χ3n) is 2.71. The lowest BCUT2D eigenvalue weighted by molar-refractivity contribution is -0.134. The third-order valence-corrected chi connectivity index (χ3v) is 2.71. The number of benzene rings is 1. The monoisotopic (exact) mass is 247 g/mol. The fourth-order valence-corrected chi connectivity index (χ4v) is 1.76. The quantitative estimate of drug-likeness (QED) is 0.783. The number of hydrogen-bond donors (Lipinski definition) is 2. The highest BCUT2D eigenvalue weighted by Crippen LogP contribution is 2.19. The van der Waals surface area contributed by atoms with E-state index in [1.807, 2.05) is 37.3 Å². The summed E-state index contributed by atoms with van der Waals surface area (Å²) < 4.78 is 5.07. The molecule has 5 heteroatoms. The number of aliphatic carboxylic acids is 1. The number of rotatable bonds is 4. The Morgan fingerprint density at radius 3 is 2.67 bits per heavy atom. The number of ketones is 1. The minimum Gasteiger partial charge on any atom is -0.477 e. The lowest BCUT2D eigenvalue weighted by atomic mass is 10.1. The smallest absolute Gasteiger partial charge is 0.344 e. The summed E-state index contributed by atoms with van der Waals surface area (Å²) in [5, 5.41) is 11.9. The van der Waals surface area contributed by atoms with Crippen molar-refractivity contribution in [2.45, 2.75) is 13.0 Å². The van der Waals surface area contributed by atoms with Crippen molar-refractivity contribution in [1.82, 2.24) is 5.32 Å². The summed E-state index contributed by atoms with van der Waals surface area (Å²) in [7, 11) is 0. The number of hydrogen-bond acceptors (Lipinski definition) is 4. The Kier molecular flexibility index (Phi) is 3.32. The Hall–Kier alpha value is -2.30. The Bertz CT molecular complexity index is 507. The molecule has 1 aromatic rings. The van der Waals surface area contributed by atoms with E-state index in [9.17, 15) is 9.59 Å². The maximum absolute atomic E-state index is 11.3. The molecule has 1 atom stereocenters. The van der Waals surface area contributed by atoms with Gasteiger partial charge in [-0.25, -0.2) is 4.79 Å². The van der Waals surface area contributed by atoms with Gasteiger partial charge >= 0.3 is 5.97 Å². The van der Waals surface area contributed by atoms with Crippen LogP contribution in [0.15, 0.2) is 41.8 Å². The number of Topliss-reactive ketones (excluding diaryl/α,β-unsaturated/α-hetero) is 1. The lowest BCUT2D eigenvalue weighted by Gasteiger charge is -2.16. The predicted molar refractivity (Wildman–Crippen MR) is 63.6 cm³/mol. The van der Waals surface area contributed by atoms with Gasteiger partial charge in [-0.3, -0.25) is 4.79 Å². The van der Waals surface area contributed by atoms with Crippen molar-refractivity contribution in [2.24, 2.45) is 0 Å². The predicted octanol–water partition coefficient (Wildman–Crippen LogP) is 1.23. The summed E-state index contributed by atoms with van der Waals surface area (Å²) in [6.07, 6.45) is 0. The van der Waals surface area contributed by atoms with Crippen LogP contribution >= 0.6 is 0 Å². The summed E-state index contributed by atoms with van der Waals surface area (Å²) in [5.74, 6) is -1.73. The van der Waals surface area contributed by atoms with Gasteiger partial charge < -0.3 is 15.2 Å². The number of carbonyl (C=O) groups excluding carboxylic acids is 1. The first-order valence-electron chi connectivity index (χ1n) is 5.54. The zero-order chi connectivity index (χ0) is 13.1. The second-order valence-electron chi connectivity index (χ2n) is 4.00. The van der Waals surface area contributed by atoms with Crippen LogP contribution in [0.25, 0.3) is 0 Å². The van der Waals surface area contributed by atoms with Crippen LogP contribution in [0.5, 0.6) is 0 Å². The van der Waals surface area contributed by atoms with Crippen LogP contribution in [0.3, 0.4) is 0 Å². The summed E-state index contributed by atoms with van der Waals surface area (Å²) in [4.78, 5) is 22.3. The van der Waals surface area contributed by atoms with E-state index in [1.165, 1.54) is 0 Å². The first-order valence-corrected chi connectivity index (χ1v) is 5.54. The van der Waals surface area contributed by atoms with Crippen molar-refractivity contribution in [1.29, 1.82) is 0 Å². The molecule has 0 aliphatic carbocycles. The molecule has 1 aliphatic heterocycles. The van der Waals surface area contributed by atoms with E-state index in [0.717, 1.165) is 5.56 Å². The largest absolute Gasteiger partial charge is 0.477 e. The molecule has 5 nitrogen and oxygen atoms in total. The Morgan fingerprint density at radius 2 is 2.06 bits per heavy atom. The number of carbonyl (C=O) groups is 2. The van der Waals surface area contributed by atoms with Crippen LogP contribution in [-0.4, -0.2) is 23.5 Å². The van der Waals surface area contributed by atoms with E-state index >= 15 is 0 Å². The second-order valence-corrected chi connectivity index (χ2v) is 4.00. The second kappa shape index (κ2) is 4.91. The Labute approximate surface area is 104 Å². The summed E-state index contributed by atoms with van der Waals surface area (Å²) in [5.41, 5.74) is 0.676. The van der Waals surface area contributed by atoms with E-state index in [4.69, 9.17) is 9.84 Å². The zero-order valence-electron chi connectivity index (χ0n) is 9.84. The first-order chi connectivity index (χ1) is 8.59. The van der Waals surface area contributed by atoms with E-state index in [2.05, 4.69) is 5.32 Å². The molecule has 0 radical (unpaired) electrons. The van der Waals surface area contributed by atoms with Gasteiger partial charge in [0.2, 0.25) is 11.7 Å². The molecule has 2 N–H and O–H groups in total. The van der Waals surface area contributed by atoms with Gasteiger partial charge in [-0.2, -0.15) is 0 Å². The van der Waals surface area contributed by atoms with Gasteiger partial charge in [-0.1, -0.05) is 30.3 Å². The van der Waals surface area contributed by atoms with Crippen molar-refractivity contribution in [3.63, 3.8) is 0 Å². The van der Waals surface area contributed by atoms with Gasteiger partial charge in [-0.05, 0) is 12.5 Å².